The first-order chi connectivity index (χ1) is 13.2. The Labute approximate surface area is 166 Å². The number of nitrogens with zero attached hydrogens (tertiary/aromatic N) is 4. The average molecular weight is 425 g/mol. The highest BCUT2D eigenvalue weighted by Gasteiger charge is 2.12. The lowest BCUT2D eigenvalue weighted by Gasteiger charge is -2.17. The van der Waals surface area contributed by atoms with Crippen molar-refractivity contribution < 1.29 is 0 Å². The Balaban J connectivity index is 1.67. The van der Waals surface area contributed by atoms with Crippen molar-refractivity contribution in [2.45, 2.75) is 26.2 Å². The van der Waals surface area contributed by atoms with Crippen molar-refractivity contribution in [2.75, 3.05) is 18.0 Å². The zero-order valence-corrected chi connectivity index (χ0v) is 16.8. The second-order valence-electron chi connectivity index (χ2n) is 6.69. The highest BCUT2D eigenvalue weighted by molar-refractivity contribution is 9.10. The summed E-state index contributed by atoms with van der Waals surface area (Å²) in [4.78, 5) is 19.9. The van der Waals surface area contributed by atoms with E-state index in [4.69, 9.17) is 0 Å². The van der Waals surface area contributed by atoms with E-state index in [1.807, 2.05) is 31.2 Å². The van der Waals surface area contributed by atoms with Crippen LogP contribution < -0.4 is 10.5 Å². The summed E-state index contributed by atoms with van der Waals surface area (Å²) in [5.74, 6) is 0.653. The van der Waals surface area contributed by atoms with Crippen molar-refractivity contribution in [2.24, 2.45) is 5.10 Å². The molecule has 1 aromatic heterocycles. The summed E-state index contributed by atoms with van der Waals surface area (Å²) in [5, 5.41) is 5.00. The normalized spacial score (nSPS) is 14.5. The van der Waals surface area contributed by atoms with Gasteiger partial charge in [0, 0.05) is 29.7 Å². The minimum absolute atomic E-state index is 0.150. The maximum atomic E-state index is 12.9. The van der Waals surface area contributed by atoms with Crippen LogP contribution in [-0.2, 0) is 6.42 Å². The Kier molecular flexibility index (Phi) is 5.07. The second kappa shape index (κ2) is 7.64. The van der Waals surface area contributed by atoms with Crippen LogP contribution in [0.3, 0.4) is 0 Å². The first kappa shape index (κ1) is 17.9. The van der Waals surface area contributed by atoms with E-state index in [0.717, 1.165) is 23.1 Å². The van der Waals surface area contributed by atoms with Crippen LogP contribution in [0.2, 0.25) is 0 Å². The van der Waals surface area contributed by atoms with Gasteiger partial charge in [0.25, 0.3) is 5.56 Å². The fourth-order valence-corrected chi connectivity index (χ4v) is 3.77. The minimum Gasteiger partial charge on any atom is -0.372 e. The minimum atomic E-state index is -0.150. The molecule has 1 aliphatic rings. The molecule has 1 saturated heterocycles. The number of rotatable bonds is 4. The van der Waals surface area contributed by atoms with Gasteiger partial charge in [-0.3, -0.25) is 4.79 Å². The smallest absolute Gasteiger partial charge is 0.282 e. The highest BCUT2D eigenvalue weighted by Crippen LogP contribution is 2.20. The molecule has 6 heteroatoms. The third-order valence-electron chi connectivity index (χ3n) is 4.88. The van der Waals surface area contributed by atoms with Crippen molar-refractivity contribution in [3.8, 4) is 0 Å². The molecule has 0 saturated carbocycles. The highest BCUT2D eigenvalue weighted by atomic mass is 79.9. The van der Waals surface area contributed by atoms with Gasteiger partial charge >= 0.3 is 0 Å². The monoisotopic (exact) mass is 424 g/mol. The van der Waals surface area contributed by atoms with Crippen molar-refractivity contribution in [1.29, 1.82) is 0 Å². The zero-order valence-electron chi connectivity index (χ0n) is 15.2. The van der Waals surface area contributed by atoms with Gasteiger partial charge < -0.3 is 4.90 Å². The molecule has 0 amide bonds. The summed E-state index contributed by atoms with van der Waals surface area (Å²) in [7, 11) is 0. The fraction of sp³-hybridized carbons (Fsp3) is 0.286. The first-order valence-electron chi connectivity index (χ1n) is 9.26. The van der Waals surface area contributed by atoms with Crippen LogP contribution >= 0.6 is 15.9 Å². The number of hydrogen-bond donors (Lipinski definition) is 0. The number of aryl methyl sites for hydroxylation is 1. The number of benzene rings is 2. The molecular weight excluding hydrogens is 404 g/mol. The standard InChI is InChI=1S/C21H21BrN4O/c1-2-20-24-19-10-7-16(22)13-18(19)21(27)26(20)23-14-15-5-8-17(9-6-15)25-11-3-4-12-25/h5-10,13-14H,2-4,11-12H2,1H3. The third-order valence-corrected chi connectivity index (χ3v) is 5.37. The molecule has 4 rings (SSSR count). The van der Waals surface area contributed by atoms with Gasteiger partial charge in [-0.1, -0.05) is 35.0 Å². The van der Waals surface area contributed by atoms with Crippen molar-refractivity contribution in [1.82, 2.24) is 9.66 Å². The van der Waals surface area contributed by atoms with E-state index >= 15 is 0 Å². The number of fused-ring (bicyclic) bond motifs is 1. The lowest BCUT2D eigenvalue weighted by molar-refractivity contribution is 0.734. The molecule has 0 spiro atoms. The lowest BCUT2D eigenvalue weighted by Crippen LogP contribution is -2.22. The van der Waals surface area contributed by atoms with E-state index in [0.29, 0.717) is 23.1 Å². The van der Waals surface area contributed by atoms with Crippen LogP contribution in [0.25, 0.3) is 10.9 Å². The molecule has 5 nitrogen and oxygen atoms in total. The van der Waals surface area contributed by atoms with E-state index in [1.165, 1.54) is 23.2 Å². The van der Waals surface area contributed by atoms with E-state index < -0.39 is 0 Å². The molecule has 0 aliphatic carbocycles. The first-order valence-corrected chi connectivity index (χ1v) is 10.1. The quantitative estimate of drug-likeness (QED) is 0.589. The van der Waals surface area contributed by atoms with Crippen molar-refractivity contribution >= 4 is 38.7 Å². The van der Waals surface area contributed by atoms with Crippen LogP contribution in [0.1, 0.15) is 31.2 Å². The number of hydrogen-bond acceptors (Lipinski definition) is 4. The zero-order chi connectivity index (χ0) is 18.8. The molecule has 3 aromatic rings. The Morgan fingerprint density at radius 1 is 1.15 bits per heavy atom. The largest absolute Gasteiger partial charge is 0.372 e. The molecule has 2 aromatic carbocycles. The number of anilines is 1. The van der Waals surface area contributed by atoms with Gasteiger partial charge in [0.2, 0.25) is 0 Å². The molecule has 0 N–H and O–H groups in total. The maximum absolute atomic E-state index is 12.9. The number of halogens is 1. The Hall–Kier alpha value is -2.47. The lowest BCUT2D eigenvalue weighted by atomic mass is 10.2. The van der Waals surface area contributed by atoms with E-state index in [1.54, 1.807) is 12.3 Å². The van der Waals surface area contributed by atoms with Crippen molar-refractivity contribution in [3.05, 3.63) is 68.7 Å². The van der Waals surface area contributed by atoms with E-state index in [-0.39, 0.29) is 5.56 Å². The topological polar surface area (TPSA) is 50.5 Å². The summed E-state index contributed by atoms with van der Waals surface area (Å²) in [5.41, 5.74) is 2.75. The van der Waals surface area contributed by atoms with Gasteiger partial charge in [-0.25, -0.2) is 4.98 Å². The van der Waals surface area contributed by atoms with Crippen molar-refractivity contribution in [3.63, 3.8) is 0 Å². The molecule has 27 heavy (non-hydrogen) atoms. The number of aromatic nitrogens is 2. The third kappa shape index (κ3) is 3.67. The maximum Gasteiger partial charge on any atom is 0.282 e. The summed E-state index contributed by atoms with van der Waals surface area (Å²) in [6, 6.07) is 13.9. The predicted molar refractivity (Wildman–Crippen MR) is 114 cm³/mol. The van der Waals surface area contributed by atoms with Gasteiger partial charge in [-0.2, -0.15) is 9.78 Å². The average Bonchev–Trinajstić information content (AvgIpc) is 3.23. The molecule has 138 valence electrons. The van der Waals surface area contributed by atoms with Gasteiger partial charge in [0.05, 0.1) is 17.1 Å². The summed E-state index contributed by atoms with van der Waals surface area (Å²) in [6.07, 6.45) is 4.88. The summed E-state index contributed by atoms with van der Waals surface area (Å²) < 4.78 is 2.26. The molecule has 1 aliphatic heterocycles. The van der Waals surface area contributed by atoms with Crippen LogP contribution in [0.15, 0.2) is 56.8 Å². The van der Waals surface area contributed by atoms with Gasteiger partial charge in [0.15, 0.2) is 0 Å². The predicted octanol–water partition coefficient (Wildman–Crippen LogP) is 4.20. The molecule has 0 atom stereocenters. The van der Waals surface area contributed by atoms with Gasteiger partial charge in [0.1, 0.15) is 5.82 Å². The molecule has 0 unspecified atom stereocenters. The van der Waals surface area contributed by atoms with Crippen LogP contribution in [0.4, 0.5) is 5.69 Å². The SMILES string of the molecule is CCc1nc2ccc(Br)cc2c(=O)n1N=Cc1ccc(N2CCCC2)cc1. The Morgan fingerprint density at radius 3 is 2.59 bits per heavy atom. The Bertz CT molecular complexity index is 1050. The van der Waals surface area contributed by atoms with E-state index in [9.17, 15) is 4.79 Å². The molecular formula is C21H21BrN4O. The van der Waals surface area contributed by atoms with Crippen LogP contribution in [0, 0.1) is 0 Å². The van der Waals surface area contributed by atoms with Gasteiger partial charge in [-0.15, -0.1) is 0 Å². The fourth-order valence-electron chi connectivity index (χ4n) is 3.41. The van der Waals surface area contributed by atoms with Crippen LogP contribution in [-0.4, -0.2) is 29.0 Å². The summed E-state index contributed by atoms with van der Waals surface area (Å²) in [6.45, 7) is 4.23. The van der Waals surface area contributed by atoms with Gasteiger partial charge in [-0.05, 0) is 48.7 Å². The molecule has 0 bridgehead atoms. The van der Waals surface area contributed by atoms with Crippen LogP contribution in [0.5, 0.6) is 0 Å². The summed E-state index contributed by atoms with van der Waals surface area (Å²) >= 11 is 3.42. The molecule has 2 heterocycles. The molecule has 1 fully saturated rings. The van der Waals surface area contributed by atoms with E-state index in [2.05, 4.69) is 43.0 Å². The Morgan fingerprint density at radius 2 is 1.89 bits per heavy atom. The second-order valence-corrected chi connectivity index (χ2v) is 7.61. The molecule has 0 radical (unpaired) electrons.